The Balaban J connectivity index is 0. The van der Waals surface area contributed by atoms with E-state index in [-0.39, 0.29) is 7.43 Å². The third-order valence-electron chi connectivity index (χ3n) is 2.20. The first-order valence-electron chi connectivity index (χ1n) is 5.68. The maximum atomic E-state index is 6.46. The highest BCUT2D eigenvalue weighted by atomic mass is 28.4. The van der Waals surface area contributed by atoms with E-state index in [1.807, 2.05) is 0 Å². The van der Waals surface area contributed by atoms with Gasteiger partial charge >= 0.3 is 0 Å². The molecule has 15 heavy (non-hydrogen) atoms. The van der Waals surface area contributed by atoms with Crippen LogP contribution in [-0.4, -0.2) is 24.7 Å². The molecule has 0 aromatic rings. The molecule has 1 unspecified atom stereocenters. The van der Waals surface area contributed by atoms with Crippen molar-refractivity contribution in [3.63, 3.8) is 0 Å². The van der Waals surface area contributed by atoms with Gasteiger partial charge in [0.1, 0.15) is 0 Å². The Morgan fingerprint density at radius 2 is 1.27 bits per heavy atom. The lowest BCUT2D eigenvalue weighted by molar-refractivity contribution is 0.546. The number of hydrogen-bond acceptors (Lipinski definition) is 1. The summed E-state index contributed by atoms with van der Waals surface area (Å²) in [5.74, 6) is 0. The molecule has 4 heteroatoms. The van der Waals surface area contributed by atoms with E-state index in [1.54, 1.807) is 0 Å². The average molecular weight is 265 g/mol. The molecule has 0 aliphatic carbocycles. The molecule has 0 amide bonds. The molecule has 0 saturated heterocycles. The van der Waals surface area contributed by atoms with E-state index in [4.69, 9.17) is 4.12 Å². The van der Waals surface area contributed by atoms with Gasteiger partial charge in [0.15, 0.2) is 16.6 Å². The van der Waals surface area contributed by atoms with E-state index in [0.717, 1.165) is 0 Å². The fraction of sp³-hybridized carbons (Fsp3) is 1.00. The molecule has 0 spiro atoms. The smallest absolute Gasteiger partial charge is 0.173 e. The van der Waals surface area contributed by atoms with Gasteiger partial charge in [-0.25, -0.2) is 0 Å². The van der Waals surface area contributed by atoms with Crippen LogP contribution in [0.1, 0.15) is 14.4 Å². The third kappa shape index (κ3) is 9.53. The largest absolute Gasteiger partial charge is 0.456 e. The van der Waals surface area contributed by atoms with Crippen LogP contribution in [0.15, 0.2) is 0 Å². The van der Waals surface area contributed by atoms with Crippen molar-refractivity contribution in [3.05, 3.63) is 0 Å². The monoisotopic (exact) mass is 264 g/mol. The first-order valence-corrected chi connectivity index (χ1v) is 15.6. The molecule has 0 aliphatic rings. The van der Waals surface area contributed by atoms with Crippen molar-refractivity contribution in [3.8, 4) is 0 Å². The van der Waals surface area contributed by atoms with Gasteiger partial charge in [-0.05, 0) is 37.9 Å². The maximum absolute atomic E-state index is 6.46. The Bertz CT molecular complexity index is 163. The summed E-state index contributed by atoms with van der Waals surface area (Å²) in [4.78, 5) is 0. The molecule has 0 rings (SSSR count). The molecule has 1 nitrogen and oxygen atoms in total. The van der Waals surface area contributed by atoms with Crippen molar-refractivity contribution < 1.29 is 4.12 Å². The number of rotatable bonds is 5. The van der Waals surface area contributed by atoms with Gasteiger partial charge in [-0.1, -0.05) is 34.0 Å². The highest BCUT2D eigenvalue weighted by molar-refractivity contribution is 6.95. The second kappa shape index (κ2) is 5.80. The number of hydrogen-bond donors (Lipinski definition) is 0. The van der Waals surface area contributed by atoms with Gasteiger partial charge in [0, 0.05) is 8.07 Å². The lowest BCUT2D eigenvalue weighted by Gasteiger charge is -2.37. The predicted octanol–water partition coefficient (Wildman–Crippen LogP) is 4.95. The second-order valence-electron chi connectivity index (χ2n) is 6.76. The zero-order chi connectivity index (χ0) is 11.6. The molecule has 0 radical (unpaired) electrons. The maximum Gasteiger partial charge on any atom is 0.173 e. The standard InChI is InChI=1S/C10H28OSi3.CH4/c1-9-14(8,10-12(2,3)4)11-13(5,6)7;/h9-10H2,1-8H3;1H4. The van der Waals surface area contributed by atoms with Crippen LogP contribution in [0.3, 0.4) is 0 Å². The van der Waals surface area contributed by atoms with Gasteiger partial charge in [0.05, 0.1) is 0 Å². The topological polar surface area (TPSA) is 9.23 Å². The summed E-state index contributed by atoms with van der Waals surface area (Å²) in [6.45, 7) is 19.1. The summed E-state index contributed by atoms with van der Waals surface area (Å²) >= 11 is 0. The minimum Gasteiger partial charge on any atom is -0.456 e. The average Bonchev–Trinajstić information content (AvgIpc) is 1.78. The fourth-order valence-corrected chi connectivity index (χ4v) is 19.5. The molecule has 94 valence electrons. The van der Waals surface area contributed by atoms with Crippen molar-refractivity contribution in [2.75, 3.05) is 0 Å². The van der Waals surface area contributed by atoms with Crippen LogP contribution in [0.4, 0.5) is 0 Å². The molecule has 0 fully saturated rings. The minimum absolute atomic E-state index is 0. The van der Waals surface area contributed by atoms with Crippen LogP contribution in [-0.2, 0) is 4.12 Å². The summed E-state index contributed by atoms with van der Waals surface area (Å²) < 4.78 is 6.46. The molecule has 1 atom stereocenters. The van der Waals surface area contributed by atoms with E-state index < -0.39 is 24.7 Å². The Morgan fingerprint density at radius 3 is 1.47 bits per heavy atom. The summed E-state index contributed by atoms with van der Waals surface area (Å²) in [5, 5.41) is 0. The van der Waals surface area contributed by atoms with Crippen LogP contribution in [0.2, 0.25) is 57.5 Å². The van der Waals surface area contributed by atoms with Gasteiger partial charge in [-0.15, -0.1) is 0 Å². The lowest BCUT2D eigenvalue weighted by Crippen LogP contribution is -2.48. The van der Waals surface area contributed by atoms with Crippen LogP contribution >= 0.6 is 0 Å². The molecule has 0 bridgehead atoms. The minimum atomic E-state index is -1.37. The van der Waals surface area contributed by atoms with Gasteiger partial charge < -0.3 is 4.12 Å². The van der Waals surface area contributed by atoms with E-state index in [9.17, 15) is 0 Å². The zero-order valence-corrected chi connectivity index (χ0v) is 14.3. The fourth-order valence-electron chi connectivity index (χ4n) is 2.09. The first-order chi connectivity index (χ1) is 5.97. The lowest BCUT2D eigenvalue weighted by atomic mass is 11.0. The van der Waals surface area contributed by atoms with E-state index in [0.29, 0.717) is 0 Å². The van der Waals surface area contributed by atoms with Crippen LogP contribution in [0, 0.1) is 0 Å². The Morgan fingerprint density at radius 1 is 0.867 bits per heavy atom. The third-order valence-corrected chi connectivity index (χ3v) is 15.4. The SMILES string of the molecule is C.CC[Si](C)(C[Si](C)(C)C)O[Si](C)(C)C. The molecule has 0 saturated carbocycles. The van der Waals surface area contributed by atoms with Crippen molar-refractivity contribution in [1.29, 1.82) is 0 Å². The first kappa shape index (κ1) is 18.0. The quantitative estimate of drug-likeness (QED) is 0.639. The molecular formula is C11H32OSi3. The predicted molar refractivity (Wildman–Crippen MR) is 81.4 cm³/mol. The Labute approximate surface area is 101 Å². The van der Waals surface area contributed by atoms with Gasteiger partial charge in [-0.2, -0.15) is 0 Å². The van der Waals surface area contributed by atoms with E-state index >= 15 is 0 Å². The molecule has 0 aromatic heterocycles. The zero-order valence-electron chi connectivity index (χ0n) is 11.3. The Hall–Kier alpha value is 0.611. The van der Waals surface area contributed by atoms with Crippen LogP contribution in [0.5, 0.6) is 0 Å². The Kier molecular flexibility index (Phi) is 6.95. The van der Waals surface area contributed by atoms with Crippen LogP contribution in [0.25, 0.3) is 0 Å². The van der Waals surface area contributed by atoms with Crippen molar-refractivity contribution in [1.82, 2.24) is 0 Å². The summed E-state index contributed by atoms with van der Waals surface area (Å²) in [6, 6.07) is 1.28. The van der Waals surface area contributed by atoms with Crippen molar-refractivity contribution in [2.24, 2.45) is 0 Å². The van der Waals surface area contributed by atoms with E-state index in [2.05, 4.69) is 52.8 Å². The van der Waals surface area contributed by atoms with Gasteiger partial charge in [0.25, 0.3) is 0 Å². The van der Waals surface area contributed by atoms with Crippen LogP contribution < -0.4 is 0 Å². The van der Waals surface area contributed by atoms with Crippen molar-refractivity contribution >= 4 is 24.7 Å². The molecular weight excluding hydrogens is 232 g/mol. The summed E-state index contributed by atoms with van der Waals surface area (Å²) in [5.41, 5.74) is 1.42. The molecule has 0 aliphatic heterocycles. The second-order valence-corrected chi connectivity index (χ2v) is 21.9. The molecule has 0 aromatic carbocycles. The molecule has 0 heterocycles. The van der Waals surface area contributed by atoms with Gasteiger partial charge in [-0.3, -0.25) is 0 Å². The highest BCUT2D eigenvalue weighted by Crippen LogP contribution is 2.27. The molecule has 0 N–H and O–H groups in total. The van der Waals surface area contributed by atoms with Gasteiger partial charge in [0.2, 0.25) is 0 Å². The normalized spacial score (nSPS) is 16.8. The highest BCUT2D eigenvalue weighted by Gasteiger charge is 2.36. The summed E-state index contributed by atoms with van der Waals surface area (Å²) in [6.07, 6.45) is 0. The van der Waals surface area contributed by atoms with E-state index in [1.165, 1.54) is 11.7 Å². The summed E-state index contributed by atoms with van der Waals surface area (Å²) in [7, 11) is -3.65. The van der Waals surface area contributed by atoms with Crippen molar-refractivity contribution in [2.45, 2.75) is 71.9 Å².